The average molecular weight is 671 g/mol. The number of sulfonamides is 1. The first-order valence-corrected chi connectivity index (χ1v) is 16.0. The largest absolute Gasteiger partial charge is 0.490 e. The van der Waals surface area contributed by atoms with Crippen LogP contribution in [-0.4, -0.2) is 76.1 Å². The van der Waals surface area contributed by atoms with Crippen LogP contribution >= 0.6 is 11.6 Å². The number of hydrogen-bond acceptors (Lipinski definition) is 9. The van der Waals surface area contributed by atoms with Gasteiger partial charge in [0.2, 0.25) is 10.0 Å². The summed E-state index contributed by atoms with van der Waals surface area (Å²) in [6, 6.07) is 12.1. The lowest BCUT2D eigenvalue weighted by Crippen LogP contribution is -2.49. The Labute approximate surface area is 264 Å². The lowest BCUT2D eigenvalue weighted by Gasteiger charge is -2.35. The van der Waals surface area contributed by atoms with E-state index in [4.69, 9.17) is 32.5 Å². The molecule has 0 saturated carbocycles. The molecule has 4 rings (SSSR count). The van der Waals surface area contributed by atoms with Gasteiger partial charge < -0.3 is 31.2 Å². The number of nitrogens with one attached hydrogen (secondary N) is 1. The normalized spacial score (nSPS) is 14.3. The highest BCUT2D eigenvalue weighted by Crippen LogP contribution is 2.33. The Balaban J connectivity index is 1.39. The third kappa shape index (κ3) is 8.98. The Morgan fingerprint density at radius 2 is 1.53 bits per heavy atom. The van der Waals surface area contributed by atoms with Gasteiger partial charge in [-0.1, -0.05) is 11.6 Å². The number of rotatable bonds is 13. The molecule has 0 bridgehead atoms. The molecule has 2 heterocycles. The number of piperazine rings is 1. The van der Waals surface area contributed by atoms with E-state index in [1.54, 1.807) is 23.1 Å². The molecule has 0 aliphatic carbocycles. The Bertz CT molecular complexity index is 1570. The van der Waals surface area contributed by atoms with Crippen molar-refractivity contribution in [1.82, 2.24) is 9.29 Å². The standard InChI is InChI=1S/C29H34ClF3N6O5S/c30-26-18-21(29(31,32)33)19-27(37-26)38-11-13-39(14-12-38)45(41,42)23-6-4-22(5-7-23)36-28(40)20-3-8-24(43-15-1-9-34)25(17-20)44-16-2-10-35/h3-8,17-19H,1-2,9-16,34-35H2,(H,36,40). The van der Waals surface area contributed by atoms with Crippen LogP contribution in [0.5, 0.6) is 11.5 Å². The van der Waals surface area contributed by atoms with Crippen molar-refractivity contribution in [2.24, 2.45) is 11.5 Å². The molecule has 5 N–H and O–H groups in total. The van der Waals surface area contributed by atoms with Crippen LogP contribution in [0.15, 0.2) is 59.5 Å². The number of amides is 1. The maximum absolute atomic E-state index is 13.3. The van der Waals surface area contributed by atoms with Crippen molar-refractivity contribution < 1.29 is 35.9 Å². The second-order valence-corrected chi connectivity index (χ2v) is 12.4. The molecule has 1 saturated heterocycles. The number of carbonyl (C=O) groups excluding carboxylic acids is 1. The molecule has 0 radical (unpaired) electrons. The second kappa shape index (κ2) is 15.1. The fourth-order valence-corrected chi connectivity index (χ4v) is 6.07. The summed E-state index contributed by atoms with van der Waals surface area (Å²) >= 11 is 5.80. The quantitative estimate of drug-likeness (QED) is 0.181. The summed E-state index contributed by atoms with van der Waals surface area (Å²) in [5.41, 5.74) is 10.8. The van der Waals surface area contributed by atoms with Crippen molar-refractivity contribution >= 4 is 39.0 Å². The van der Waals surface area contributed by atoms with E-state index in [0.717, 1.165) is 12.1 Å². The molecule has 244 valence electrons. The molecule has 0 atom stereocenters. The first-order valence-electron chi connectivity index (χ1n) is 14.1. The molecular weight excluding hydrogens is 637 g/mol. The minimum atomic E-state index is -4.59. The molecule has 2 aromatic carbocycles. The molecule has 1 amide bonds. The average Bonchev–Trinajstić information content (AvgIpc) is 3.01. The molecule has 1 aliphatic rings. The minimum Gasteiger partial charge on any atom is -0.490 e. The predicted molar refractivity (Wildman–Crippen MR) is 164 cm³/mol. The Hall–Kier alpha value is -3.63. The van der Waals surface area contributed by atoms with E-state index in [2.05, 4.69) is 10.3 Å². The summed E-state index contributed by atoms with van der Waals surface area (Å²) in [5, 5.41) is 2.44. The second-order valence-electron chi connectivity index (χ2n) is 10.0. The van der Waals surface area contributed by atoms with Crippen LogP contribution in [0.25, 0.3) is 0 Å². The summed E-state index contributed by atoms with van der Waals surface area (Å²) in [6.45, 7) is 1.93. The number of ether oxygens (including phenoxy) is 2. The highest BCUT2D eigenvalue weighted by molar-refractivity contribution is 7.89. The van der Waals surface area contributed by atoms with Gasteiger partial charge in [-0.3, -0.25) is 4.79 Å². The number of carbonyl (C=O) groups is 1. The van der Waals surface area contributed by atoms with Gasteiger partial charge in [-0.15, -0.1) is 0 Å². The number of hydrogen-bond donors (Lipinski definition) is 3. The third-order valence-electron chi connectivity index (χ3n) is 6.84. The number of nitrogens with zero attached hydrogens (tertiary/aromatic N) is 3. The zero-order valence-electron chi connectivity index (χ0n) is 24.2. The lowest BCUT2D eigenvalue weighted by atomic mass is 10.1. The number of nitrogens with two attached hydrogens (primary N) is 2. The fraction of sp³-hybridized carbons (Fsp3) is 0.379. The van der Waals surface area contributed by atoms with Gasteiger partial charge in [0.15, 0.2) is 11.5 Å². The van der Waals surface area contributed by atoms with E-state index >= 15 is 0 Å². The number of benzene rings is 2. The van der Waals surface area contributed by atoms with Crippen LogP contribution in [-0.2, 0) is 16.2 Å². The summed E-state index contributed by atoms with van der Waals surface area (Å²) in [5.74, 6) is 0.445. The van der Waals surface area contributed by atoms with Gasteiger partial charge in [0.25, 0.3) is 5.91 Å². The van der Waals surface area contributed by atoms with Gasteiger partial charge in [0.1, 0.15) is 11.0 Å². The smallest absolute Gasteiger partial charge is 0.416 e. The first kappa shape index (κ1) is 34.2. The fourth-order valence-electron chi connectivity index (χ4n) is 4.44. The number of aromatic nitrogens is 1. The topological polar surface area (TPSA) is 153 Å². The molecule has 1 fully saturated rings. The lowest BCUT2D eigenvalue weighted by molar-refractivity contribution is -0.137. The van der Waals surface area contributed by atoms with E-state index in [1.165, 1.54) is 28.6 Å². The Kier molecular flexibility index (Phi) is 11.5. The molecule has 3 aromatic rings. The number of anilines is 2. The first-order chi connectivity index (χ1) is 21.4. The molecule has 45 heavy (non-hydrogen) atoms. The summed E-state index contributed by atoms with van der Waals surface area (Å²) in [7, 11) is -3.92. The third-order valence-corrected chi connectivity index (χ3v) is 8.94. The van der Waals surface area contributed by atoms with Crippen molar-refractivity contribution in [2.75, 3.05) is 62.7 Å². The van der Waals surface area contributed by atoms with Gasteiger partial charge >= 0.3 is 6.18 Å². The maximum atomic E-state index is 13.3. The zero-order chi connectivity index (χ0) is 32.6. The summed E-state index contributed by atoms with van der Waals surface area (Å²) in [6.07, 6.45) is -3.32. The minimum absolute atomic E-state index is 0.00348. The zero-order valence-corrected chi connectivity index (χ0v) is 25.8. The predicted octanol–water partition coefficient (Wildman–Crippen LogP) is 3.97. The van der Waals surface area contributed by atoms with E-state index in [0.29, 0.717) is 61.9 Å². The van der Waals surface area contributed by atoms with E-state index < -0.39 is 27.7 Å². The van der Waals surface area contributed by atoms with Gasteiger partial charge in [-0.25, -0.2) is 13.4 Å². The number of halogens is 4. The van der Waals surface area contributed by atoms with Crippen molar-refractivity contribution in [3.8, 4) is 11.5 Å². The maximum Gasteiger partial charge on any atom is 0.416 e. The van der Waals surface area contributed by atoms with Crippen molar-refractivity contribution in [3.63, 3.8) is 0 Å². The highest BCUT2D eigenvalue weighted by atomic mass is 35.5. The molecule has 0 spiro atoms. The molecule has 16 heteroatoms. The molecule has 1 aromatic heterocycles. The molecule has 1 aliphatic heterocycles. The molecule has 11 nitrogen and oxygen atoms in total. The van der Waals surface area contributed by atoms with Crippen molar-refractivity contribution in [1.29, 1.82) is 0 Å². The van der Waals surface area contributed by atoms with Gasteiger partial charge in [-0.05, 0) is 80.5 Å². The van der Waals surface area contributed by atoms with Gasteiger partial charge in [-0.2, -0.15) is 17.5 Å². The van der Waals surface area contributed by atoms with Crippen LogP contribution in [0.1, 0.15) is 28.8 Å². The van der Waals surface area contributed by atoms with E-state index in [-0.39, 0.29) is 42.0 Å². The summed E-state index contributed by atoms with van der Waals surface area (Å²) < 4.78 is 78.9. The summed E-state index contributed by atoms with van der Waals surface area (Å²) in [4.78, 5) is 18.5. The van der Waals surface area contributed by atoms with E-state index in [9.17, 15) is 26.4 Å². The number of alkyl halides is 3. The molecular formula is C29H34ClF3N6O5S. The van der Waals surface area contributed by atoms with Crippen LogP contribution in [0.2, 0.25) is 5.15 Å². The number of pyridine rings is 1. The van der Waals surface area contributed by atoms with Crippen molar-refractivity contribution in [2.45, 2.75) is 23.9 Å². The highest BCUT2D eigenvalue weighted by Gasteiger charge is 2.33. The van der Waals surface area contributed by atoms with Crippen LogP contribution in [0.3, 0.4) is 0 Å². The van der Waals surface area contributed by atoms with Crippen LogP contribution in [0, 0.1) is 0 Å². The Morgan fingerprint density at radius 1 is 0.911 bits per heavy atom. The van der Waals surface area contributed by atoms with Gasteiger partial charge in [0, 0.05) is 37.4 Å². The monoisotopic (exact) mass is 670 g/mol. The van der Waals surface area contributed by atoms with Crippen LogP contribution < -0.4 is 31.2 Å². The van der Waals surface area contributed by atoms with Gasteiger partial charge in [0.05, 0.1) is 23.7 Å². The van der Waals surface area contributed by atoms with Crippen molar-refractivity contribution in [3.05, 3.63) is 70.9 Å². The SMILES string of the molecule is NCCCOc1ccc(C(=O)Nc2ccc(S(=O)(=O)N3CCN(c4cc(C(F)(F)F)cc(Cl)n4)CC3)cc2)cc1OCCCN. The Morgan fingerprint density at radius 3 is 2.13 bits per heavy atom. The molecule has 0 unspecified atom stereocenters. The van der Waals surface area contributed by atoms with E-state index in [1.807, 2.05) is 0 Å². The van der Waals surface area contributed by atoms with Crippen LogP contribution in [0.4, 0.5) is 24.7 Å².